The highest BCUT2D eigenvalue weighted by Crippen LogP contribution is 2.37. The highest BCUT2D eigenvalue weighted by Gasteiger charge is 2.29. The van der Waals surface area contributed by atoms with Crippen LogP contribution in [0.5, 0.6) is 0 Å². The summed E-state index contributed by atoms with van der Waals surface area (Å²) >= 11 is 0. The molecule has 2 aliphatic heterocycles. The summed E-state index contributed by atoms with van der Waals surface area (Å²) < 4.78 is 8.18. The number of likely N-dealkylation sites (tertiary alicyclic amines) is 1. The number of nitrogens with one attached hydrogen (secondary N) is 1. The van der Waals surface area contributed by atoms with Crippen LogP contribution in [0.2, 0.25) is 0 Å². The number of carbonyl (C=O) groups is 2. The fraction of sp³-hybridized carbons (Fsp3) is 0.359. The average Bonchev–Trinajstić information content (AvgIpc) is 3.83. The zero-order valence-corrected chi connectivity index (χ0v) is 29.1. The molecule has 2 N–H and O–H groups in total. The molecule has 0 radical (unpaired) electrons. The largest absolute Gasteiger partial charge is 0.481 e. The molecule has 0 saturated carbocycles. The first-order valence-electron chi connectivity index (χ1n) is 17.1. The van der Waals surface area contributed by atoms with Crippen LogP contribution in [0.25, 0.3) is 33.7 Å². The Kier molecular flexibility index (Phi) is 8.76. The van der Waals surface area contributed by atoms with Crippen LogP contribution in [-0.2, 0) is 31.4 Å². The van der Waals surface area contributed by atoms with Crippen LogP contribution >= 0.6 is 0 Å². The molecule has 2 aromatic heterocycles. The van der Waals surface area contributed by atoms with Gasteiger partial charge in [-0.25, -0.2) is 9.97 Å². The predicted molar refractivity (Wildman–Crippen MR) is 191 cm³/mol. The van der Waals surface area contributed by atoms with Crippen LogP contribution in [0.1, 0.15) is 64.5 Å². The molecule has 4 heterocycles. The molecule has 50 heavy (non-hydrogen) atoms. The van der Waals surface area contributed by atoms with E-state index in [9.17, 15) is 20.0 Å². The summed E-state index contributed by atoms with van der Waals surface area (Å²) in [5.41, 5.74) is 9.70. The Morgan fingerprint density at radius 1 is 1.06 bits per heavy atom. The number of benzene rings is 3. The minimum absolute atomic E-state index is 0.241. The van der Waals surface area contributed by atoms with Crippen molar-refractivity contribution < 1.29 is 19.1 Å². The molecule has 1 atom stereocenters. The maximum atomic E-state index is 13.6. The van der Waals surface area contributed by atoms with E-state index in [1.165, 1.54) is 0 Å². The Morgan fingerprint density at radius 2 is 1.80 bits per heavy atom. The summed E-state index contributed by atoms with van der Waals surface area (Å²) in [5.74, 6) is -0.561. The molecule has 0 spiro atoms. The second kappa shape index (κ2) is 13.2. The summed E-state index contributed by atoms with van der Waals surface area (Å²) in [7, 11) is 1.92. The molecule has 3 aromatic carbocycles. The van der Waals surface area contributed by atoms with Crippen molar-refractivity contribution in [3.05, 3.63) is 88.0 Å². The molecule has 1 saturated heterocycles. The van der Waals surface area contributed by atoms with Gasteiger partial charge < -0.3 is 19.4 Å². The third-order valence-corrected chi connectivity index (χ3v) is 10.4. The van der Waals surface area contributed by atoms with Crippen LogP contribution in [0.4, 0.5) is 5.69 Å². The standard InChI is InChI=1S/C39H41N7O4/c1-22(2)46-15-13-34-33(21-46)41-36(44(34)5)37(47)42-31-11-7-9-29(24(31)4)28-8-6-10-30(23(28)3)38-43-32-17-25(16-27(18-40)35(32)50-38)19-45-14-12-26(20-45)39(48)49/h6-11,16-17,22,26H,12-15,19-21H2,1-5H3,(H,42,47)(H,48,49)/t26-/m0/s1. The number of hydrogen-bond donors (Lipinski definition) is 2. The molecule has 1 amide bonds. The van der Waals surface area contributed by atoms with E-state index >= 15 is 0 Å². The number of aromatic nitrogens is 3. The van der Waals surface area contributed by atoms with Crippen molar-refractivity contribution in [2.75, 3.05) is 25.0 Å². The zero-order chi connectivity index (χ0) is 35.3. The van der Waals surface area contributed by atoms with Crippen molar-refractivity contribution in [3.63, 3.8) is 0 Å². The van der Waals surface area contributed by atoms with Gasteiger partial charge >= 0.3 is 5.97 Å². The molecule has 7 rings (SSSR count). The molecule has 11 nitrogen and oxygen atoms in total. The zero-order valence-electron chi connectivity index (χ0n) is 29.1. The van der Waals surface area contributed by atoms with Crippen LogP contribution in [0.15, 0.2) is 52.9 Å². The molecule has 0 bridgehead atoms. The SMILES string of the molecule is Cc1c(NC(=O)c2nc3c(n2C)CCN(C(C)C)C3)cccc1-c1cccc(-c2nc3cc(CN4CC[C@H](C(=O)O)C4)cc(C#N)c3o2)c1C. The highest BCUT2D eigenvalue weighted by molar-refractivity contribution is 6.03. The number of oxazole rings is 1. The lowest BCUT2D eigenvalue weighted by Crippen LogP contribution is -2.36. The van der Waals surface area contributed by atoms with Gasteiger partial charge in [0.1, 0.15) is 11.6 Å². The monoisotopic (exact) mass is 671 g/mol. The first kappa shape index (κ1) is 33.2. The number of nitriles is 1. The molecule has 0 unspecified atom stereocenters. The van der Waals surface area contributed by atoms with Crippen molar-refractivity contribution in [2.45, 2.75) is 59.7 Å². The average molecular weight is 672 g/mol. The summed E-state index contributed by atoms with van der Waals surface area (Å²) in [6, 6.07) is 18.2. The number of aliphatic carboxylic acids is 1. The minimum atomic E-state index is -0.771. The summed E-state index contributed by atoms with van der Waals surface area (Å²) in [6.45, 7) is 11.8. The number of nitrogens with zero attached hydrogens (tertiary/aromatic N) is 6. The maximum absolute atomic E-state index is 13.6. The third kappa shape index (κ3) is 6.06. The number of fused-ring (bicyclic) bond motifs is 2. The number of carbonyl (C=O) groups excluding carboxylic acids is 1. The van der Waals surface area contributed by atoms with E-state index in [-0.39, 0.29) is 11.8 Å². The van der Waals surface area contributed by atoms with E-state index in [0.29, 0.717) is 66.2 Å². The van der Waals surface area contributed by atoms with Gasteiger partial charge in [0.05, 0.1) is 17.2 Å². The molecular formula is C39H41N7O4. The quantitative estimate of drug-likeness (QED) is 0.194. The van der Waals surface area contributed by atoms with E-state index < -0.39 is 5.97 Å². The topological polar surface area (TPSA) is 141 Å². The molecule has 256 valence electrons. The summed E-state index contributed by atoms with van der Waals surface area (Å²) in [5, 5.41) is 22.5. The van der Waals surface area contributed by atoms with Crippen molar-refractivity contribution >= 4 is 28.7 Å². The summed E-state index contributed by atoms with van der Waals surface area (Å²) in [6.07, 6.45) is 1.48. The smallest absolute Gasteiger partial charge is 0.307 e. The molecule has 0 aliphatic carbocycles. The number of carboxylic acid groups (broad SMARTS) is 1. The Morgan fingerprint density at radius 3 is 2.52 bits per heavy atom. The fourth-order valence-electron chi connectivity index (χ4n) is 7.41. The Labute approximate surface area is 291 Å². The van der Waals surface area contributed by atoms with E-state index in [1.54, 1.807) is 6.07 Å². The van der Waals surface area contributed by atoms with Crippen molar-refractivity contribution in [1.82, 2.24) is 24.3 Å². The molecule has 2 aliphatic rings. The third-order valence-electron chi connectivity index (χ3n) is 10.4. The fourth-order valence-corrected chi connectivity index (χ4v) is 7.41. The van der Waals surface area contributed by atoms with Crippen LogP contribution in [0, 0.1) is 31.1 Å². The maximum Gasteiger partial charge on any atom is 0.307 e. The van der Waals surface area contributed by atoms with E-state index in [2.05, 4.69) is 35.0 Å². The summed E-state index contributed by atoms with van der Waals surface area (Å²) in [4.78, 5) is 39.1. The van der Waals surface area contributed by atoms with Crippen LogP contribution < -0.4 is 5.32 Å². The molecule has 11 heteroatoms. The minimum Gasteiger partial charge on any atom is -0.481 e. The first-order chi connectivity index (χ1) is 24.0. The first-order valence-corrected chi connectivity index (χ1v) is 17.1. The molecule has 5 aromatic rings. The van der Waals surface area contributed by atoms with Gasteiger partial charge in [0.25, 0.3) is 5.91 Å². The lowest BCUT2D eigenvalue weighted by molar-refractivity contribution is -0.141. The van der Waals surface area contributed by atoms with Crippen LogP contribution in [0.3, 0.4) is 0 Å². The van der Waals surface area contributed by atoms with Crippen molar-refractivity contribution in [2.24, 2.45) is 13.0 Å². The van der Waals surface area contributed by atoms with Gasteiger partial charge in [-0.1, -0.05) is 24.3 Å². The van der Waals surface area contributed by atoms with Gasteiger partial charge in [0, 0.05) is 62.6 Å². The van der Waals surface area contributed by atoms with E-state index in [4.69, 9.17) is 14.4 Å². The lowest BCUT2D eigenvalue weighted by Gasteiger charge is -2.29. The Bertz CT molecular complexity index is 2190. The Balaban J connectivity index is 1.16. The number of anilines is 1. The molecular weight excluding hydrogens is 630 g/mol. The van der Waals surface area contributed by atoms with E-state index in [0.717, 1.165) is 64.3 Å². The van der Waals surface area contributed by atoms with Gasteiger partial charge in [-0.05, 0) is 92.7 Å². The normalized spacial score (nSPS) is 16.5. The van der Waals surface area contributed by atoms with Gasteiger partial charge in [-0.2, -0.15) is 5.26 Å². The van der Waals surface area contributed by atoms with Gasteiger partial charge in [-0.3, -0.25) is 19.4 Å². The second-order valence-corrected chi connectivity index (χ2v) is 13.8. The predicted octanol–water partition coefficient (Wildman–Crippen LogP) is 6.31. The van der Waals surface area contributed by atoms with Gasteiger partial charge in [0.2, 0.25) is 5.89 Å². The number of carboxylic acids is 1. The number of rotatable bonds is 8. The number of imidazole rings is 1. The van der Waals surface area contributed by atoms with Crippen molar-refractivity contribution in [3.8, 4) is 28.7 Å². The number of hydrogen-bond acceptors (Lipinski definition) is 8. The van der Waals surface area contributed by atoms with E-state index in [1.807, 2.05) is 67.9 Å². The number of amides is 1. The van der Waals surface area contributed by atoms with Crippen molar-refractivity contribution in [1.29, 1.82) is 5.26 Å². The van der Waals surface area contributed by atoms with Crippen LogP contribution in [-0.4, -0.2) is 67.0 Å². The lowest BCUT2D eigenvalue weighted by atomic mass is 9.93. The second-order valence-electron chi connectivity index (χ2n) is 13.8. The van der Waals surface area contributed by atoms with Gasteiger partial charge in [0.15, 0.2) is 11.4 Å². The van der Waals surface area contributed by atoms with Gasteiger partial charge in [-0.15, -0.1) is 0 Å². The highest BCUT2D eigenvalue weighted by atomic mass is 16.4. The molecule has 1 fully saturated rings. The Hall–Kier alpha value is -5.31.